The fourth-order valence-electron chi connectivity index (χ4n) is 2.83. The highest BCUT2D eigenvalue weighted by Gasteiger charge is 2.17. The second kappa shape index (κ2) is 8.61. The molecule has 0 spiro atoms. The Morgan fingerprint density at radius 1 is 1.32 bits per heavy atom. The van der Waals surface area contributed by atoms with Gasteiger partial charge >= 0.3 is 10.2 Å². The highest BCUT2D eigenvalue weighted by molar-refractivity contribution is 7.89. The molecule has 0 fully saturated rings. The first-order chi connectivity index (χ1) is 14.9. The number of hydrazine groups is 1. The number of guanidine groups is 1. The highest BCUT2D eigenvalue weighted by atomic mass is 32.2. The van der Waals surface area contributed by atoms with Gasteiger partial charge in [-0.15, -0.1) is 15.7 Å². The van der Waals surface area contributed by atoms with Crippen LogP contribution in [-0.4, -0.2) is 61.1 Å². The van der Waals surface area contributed by atoms with Gasteiger partial charge in [0.05, 0.1) is 24.1 Å². The molecule has 0 aliphatic carbocycles. The Bertz CT molecular complexity index is 1180. The first-order valence-corrected chi connectivity index (χ1v) is 11.4. The number of nitrogens with zero attached hydrogens (tertiary/aromatic N) is 6. The number of rotatable bonds is 7. The molecule has 0 amide bonds. The van der Waals surface area contributed by atoms with Crippen LogP contribution in [0.4, 0.5) is 10.8 Å². The second-order valence-corrected chi connectivity index (χ2v) is 8.75. The number of aromatic nitrogens is 1. The van der Waals surface area contributed by atoms with Gasteiger partial charge in [0.15, 0.2) is 11.8 Å². The molecule has 1 aromatic heterocycles. The van der Waals surface area contributed by atoms with Crippen LogP contribution in [-0.2, 0) is 10.2 Å². The van der Waals surface area contributed by atoms with E-state index in [1.807, 2.05) is 52.0 Å². The monoisotopic (exact) mass is 460 g/mol. The van der Waals surface area contributed by atoms with E-state index >= 15 is 0 Å². The van der Waals surface area contributed by atoms with Crippen molar-refractivity contribution in [3.8, 4) is 11.3 Å². The summed E-state index contributed by atoms with van der Waals surface area (Å²) in [7, 11) is -3.59. The zero-order valence-corrected chi connectivity index (χ0v) is 17.8. The van der Waals surface area contributed by atoms with Crippen molar-refractivity contribution in [1.82, 2.24) is 19.6 Å². The molecular formula is C17H20N10O2S2. The van der Waals surface area contributed by atoms with E-state index in [9.17, 15) is 8.42 Å². The van der Waals surface area contributed by atoms with Gasteiger partial charge in [-0.2, -0.15) is 13.4 Å². The summed E-state index contributed by atoms with van der Waals surface area (Å²) in [6.07, 6.45) is 5.06. The zero-order valence-electron chi connectivity index (χ0n) is 16.2. The van der Waals surface area contributed by atoms with Crippen molar-refractivity contribution in [2.24, 2.45) is 25.8 Å². The lowest BCUT2D eigenvalue weighted by atomic mass is 10.1. The van der Waals surface area contributed by atoms with Crippen LogP contribution in [0.25, 0.3) is 11.3 Å². The molecule has 2 aromatic rings. The molecule has 0 radical (unpaired) electrons. The van der Waals surface area contributed by atoms with Gasteiger partial charge in [-0.3, -0.25) is 15.4 Å². The van der Waals surface area contributed by atoms with Crippen molar-refractivity contribution >= 4 is 50.4 Å². The number of nitrogens with one attached hydrogen (secondary N) is 2. The molecule has 0 bridgehead atoms. The maximum absolute atomic E-state index is 11.2. The minimum atomic E-state index is -3.59. The lowest BCUT2D eigenvalue weighted by molar-refractivity contribution is 0.300. The summed E-state index contributed by atoms with van der Waals surface area (Å²) in [5.74, 6) is 0.228. The van der Waals surface area contributed by atoms with E-state index in [1.165, 1.54) is 17.6 Å². The summed E-state index contributed by atoms with van der Waals surface area (Å²) in [6.45, 7) is 1.67. The molecule has 31 heavy (non-hydrogen) atoms. The summed E-state index contributed by atoms with van der Waals surface area (Å²) in [6, 6.07) is 7.85. The molecular weight excluding hydrogens is 440 g/mol. The molecule has 162 valence electrons. The fourth-order valence-corrected chi connectivity index (χ4v) is 4.22. The molecule has 2 aliphatic rings. The largest absolute Gasteiger partial charge is 0.370 e. The van der Waals surface area contributed by atoms with Gasteiger partial charge in [-0.25, -0.2) is 9.71 Å². The molecule has 4 rings (SSSR count). The second-order valence-electron chi connectivity index (χ2n) is 6.54. The minimum Gasteiger partial charge on any atom is -0.370 e. The number of hydrogen-bond donors (Lipinski definition) is 4. The number of benzene rings is 1. The minimum absolute atomic E-state index is 0.0224. The van der Waals surface area contributed by atoms with E-state index in [2.05, 4.69) is 29.5 Å². The molecule has 12 nitrogen and oxygen atoms in total. The van der Waals surface area contributed by atoms with Crippen molar-refractivity contribution in [3.05, 3.63) is 42.0 Å². The summed E-state index contributed by atoms with van der Waals surface area (Å²) in [5.41, 5.74) is 16.8. The molecule has 14 heteroatoms. The van der Waals surface area contributed by atoms with Crippen LogP contribution >= 0.6 is 11.3 Å². The SMILES string of the molecule is NC(N)=Nc1nc(-c2cccc(NN3C=CN(CCN=C4C=NS(=O)(=O)N4)C3)c2)cs1. The third-order valence-electron chi connectivity index (χ3n) is 4.16. The van der Waals surface area contributed by atoms with Crippen LogP contribution in [0.15, 0.2) is 56.4 Å². The Kier molecular flexibility index (Phi) is 5.73. The lowest BCUT2D eigenvalue weighted by Gasteiger charge is -2.22. The Balaban J connectivity index is 1.30. The van der Waals surface area contributed by atoms with Crippen molar-refractivity contribution < 1.29 is 8.42 Å². The first-order valence-electron chi connectivity index (χ1n) is 9.10. The lowest BCUT2D eigenvalue weighted by Crippen LogP contribution is -2.31. The fraction of sp³-hybridized carbons (Fsp3) is 0.176. The molecule has 6 N–H and O–H groups in total. The molecule has 2 aliphatic heterocycles. The smallest absolute Gasteiger partial charge is 0.343 e. The average molecular weight is 461 g/mol. The Hall–Kier alpha value is -3.65. The maximum atomic E-state index is 11.2. The number of thiazole rings is 1. The number of amidine groups is 1. The Labute approximate surface area is 182 Å². The standard InChI is InChI=1S/C17H20N10O2S2/c18-16(19)23-17-22-14(10-30-17)12-2-1-3-13(8-12)24-27-7-6-26(11-27)5-4-20-15-9-21-31(28,29)25-15/h1-3,6-10,24H,4-5,11H2,(H,20,25)(H4,18,19,22,23). The normalized spacial score (nSPS) is 17.9. The predicted octanol–water partition coefficient (Wildman–Crippen LogP) is 0.406. The van der Waals surface area contributed by atoms with Crippen LogP contribution in [0.1, 0.15) is 0 Å². The van der Waals surface area contributed by atoms with Crippen LogP contribution in [0.5, 0.6) is 0 Å². The summed E-state index contributed by atoms with van der Waals surface area (Å²) in [5, 5.41) is 4.33. The van der Waals surface area contributed by atoms with Crippen molar-refractivity contribution in [1.29, 1.82) is 0 Å². The average Bonchev–Trinajstić information content (AvgIpc) is 3.43. The number of hydrogen-bond acceptors (Lipinski definition) is 9. The summed E-state index contributed by atoms with van der Waals surface area (Å²) < 4.78 is 28.0. The van der Waals surface area contributed by atoms with Gasteiger partial charge in [-0.1, -0.05) is 12.1 Å². The highest BCUT2D eigenvalue weighted by Crippen LogP contribution is 2.28. The van der Waals surface area contributed by atoms with Gasteiger partial charge in [0.1, 0.15) is 6.67 Å². The number of anilines is 1. The van der Waals surface area contributed by atoms with Crippen molar-refractivity contribution in [2.45, 2.75) is 0 Å². The van der Waals surface area contributed by atoms with Gasteiger partial charge in [0, 0.05) is 29.9 Å². The molecule has 0 saturated heterocycles. The van der Waals surface area contributed by atoms with E-state index in [-0.39, 0.29) is 11.8 Å². The van der Waals surface area contributed by atoms with Crippen LogP contribution < -0.4 is 21.6 Å². The molecule has 0 unspecified atom stereocenters. The molecule has 1 aromatic carbocycles. The third-order valence-corrected chi connectivity index (χ3v) is 5.74. The van der Waals surface area contributed by atoms with Crippen molar-refractivity contribution in [2.75, 3.05) is 25.2 Å². The van der Waals surface area contributed by atoms with Crippen LogP contribution in [0.3, 0.4) is 0 Å². The van der Waals surface area contributed by atoms with E-state index in [4.69, 9.17) is 11.5 Å². The van der Waals surface area contributed by atoms with E-state index < -0.39 is 10.2 Å². The van der Waals surface area contributed by atoms with Gasteiger partial charge < -0.3 is 16.4 Å². The van der Waals surface area contributed by atoms with Crippen LogP contribution in [0.2, 0.25) is 0 Å². The quantitative estimate of drug-likeness (QED) is 0.340. The molecule has 0 saturated carbocycles. The van der Waals surface area contributed by atoms with Gasteiger partial charge in [-0.05, 0) is 12.1 Å². The summed E-state index contributed by atoms with van der Waals surface area (Å²) in [4.78, 5) is 14.6. The topological polar surface area (TPSA) is 167 Å². The molecule has 0 atom stereocenters. The third kappa shape index (κ3) is 5.49. The van der Waals surface area contributed by atoms with E-state index in [0.717, 1.165) is 16.9 Å². The van der Waals surface area contributed by atoms with E-state index in [1.54, 1.807) is 0 Å². The Morgan fingerprint density at radius 2 is 2.19 bits per heavy atom. The number of aliphatic imine (C=N–C) groups is 2. The van der Waals surface area contributed by atoms with Gasteiger partial charge in [0.2, 0.25) is 5.13 Å². The Morgan fingerprint density at radius 3 is 2.97 bits per heavy atom. The summed E-state index contributed by atoms with van der Waals surface area (Å²) >= 11 is 1.36. The zero-order chi connectivity index (χ0) is 21.8. The van der Waals surface area contributed by atoms with E-state index in [0.29, 0.717) is 24.9 Å². The maximum Gasteiger partial charge on any atom is 0.343 e. The molecule has 3 heterocycles. The van der Waals surface area contributed by atoms with Crippen molar-refractivity contribution in [3.63, 3.8) is 0 Å². The van der Waals surface area contributed by atoms with Crippen LogP contribution in [0, 0.1) is 0 Å². The number of nitrogens with two attached hydrogens (primary N) is 2. The van der Waals surface area contributed by atoms with Gasteiger partial charge in [0.25, 0.3) is 0 Å². The first kappa shape index (κ1) is 20.6. The predicted molar refractivity (Wildman–Crippen MR) is 122 cm³/mol.